The van der Waals surface area contributed by atoms with E-state index < -0.39 is 5.41 Å². The average molecular weight is 474 g/mol. The molecular formula is C36H27N. The highest BCUT2D eigenvalue weighted by Crippen LogP contribution is 2.58. The molecular weight excluding hydrogens is 446 g/mol. The van der Waals surface area contributed by atoms with E-state index in [1.54, 1.807) is 0 Å². The maximum absolute atomic E-state index is 4.53. The molecule has 3 aliphatic carbocycles. The Hall–Kier alpha value is -4.58. The number of anilines is 1. The molecule has 1 nitrogen and oxygen atoms in total. The summed E-state index contributed by atoms with van der Waals surface area (Å²) >= 11 is 0. The van der Waals surface area contributed by atoms with Crippen LogP contribution >= 0.6 is 0 Å². The van der Waals surface area contributed by atoms with Gasteiger partial charge in [-0.15, -0.1) is 5.73 Å². The summed E-state index contributed by atoms with van der Waals surface area (Å²) in [5.74, 6) is 0. The molecule has 1 heterocycles. The van der Waals surface area contributed by atoms with Crippen molar-refractivity contribution in [2.45, 2.75) is 11.8 Å². The average Bonchev–Trinajstić information content (AvgIpc) is 3.70. The lowest BCUT2D eigenvalue weighted by Crippen LogP contribution is -2.28. The van der Waals surface area contributed by atoms with Gasteiger partial charge in [0.2, 0.25) is 0 Å². The van der Waals surface area contributed by atoms with E-state index in [4.69, 9.17) is 0 Å². The van der Waals surface area contributed by atoms with E-state index in [2.05, 4.69) is 140 Å². The summed E-state index contributed by atoms with van der Waals surface area (Å²) < 4.78 is 0. The van der Waals surface area contributed by atoms with Crippen molar-refractivity contribution in [1.82, 2.24) is 0 Å². The van der Waals surface area contributed by atoms with Gasteiger partial charge in [-0.2, -0.15) is 0 Å². The lowest BCUT2D eigenvalue weighted by atomic mass is 9.67. The standard InChI is InChI=1S/C36H27N/c1-25-20-21-27(26-12-6-7-13-26)24-37(2)35-23-32-30-18-10-11-19-33(30)36(29-16-8-9-17-29,34(32)22-31(25)35)28-14-4-3-5-15-28/h3-12,14-16,18-24H,1,13H2,2H3/b21-20-,27-24+. The summed E-state index contributed by atoms with van der Waals surface area (Å²) in [6, 6.07) is 24.5. The van der Waals surface area contributed by atoms with Crippen molar-refractivity contribution in [3.8, 4) is 11.1 Å². The van der Waals surface area contributed by atoms with Crippen LogP contribution in [-0.4, -0.2) is 7.05 Å². The Morgan fingerprint density at radius 2 is 1.68 bits per heavy atom. The van der Waals surface area contributed by atoms with Gasteiger partial charge in [-0.25, -0.2) is 0 Å². The number of allylic oxidation sites excluding steroid dienone is 11. The van der Waals surface area contributed by atoms with Crippen LogP contribution in [0.3, 0.4) is 0 Å². The molecule has 0 saturated carbocycles. The summed E-state index contributed by atoms with van der Waals surface area (Å²) in [5, 5.41) is 0. The zero-order valence-electron chi connectivity index (χ0n) is 20.9. The van der Waals surface area contributed by atoms with E-state index in [0.717, 1.165) is 17.6 Å². The number of nitrogens with zero attached hydrogens (tertiary/aromatic N) is 1. The molecule has 3 aromatic carbocycles. The Balaban J connectivity index is 1.53. The minimum atomic E-state index is -0.433. The van der Waals surface area contributed by atoms with Gasteiger partial charge < -0.3 is 4.90 Å². The highest BCUT2D eigenvalue weighted by molar-refractivity contribution is 5.94. The first-order valence-electron chi connectivity index (χ1n) is 12.8. The van der Waals surface area contributed by atoms with Crippen molar-refractivity contribution < 1.29 is 0 Å². The molecule has 1 unspecified atom stereocenters. The fraction of sp³-hybridized carbons (Fsp3) is 0.0833. The Bertz CT molecular complexity index is 1700. The highest BCUT2D eigenvalue weighted by Gasteiger charge is 2.47. The molecule has 4 aliphatic rings. The van der Waals surface area contributed by atoms with Gasteiger partial charge in [0.1, 0.15) is 0 Å². The topological polar surface area (TPSA) is 3.24 Å². The van der Waals surface area contributed by atoms with Crippen molar-refractivity contribution in [1.29, 1.82) is 0 Å². The fourth-order valence-corrected chi connectivity index (χ4v) is 6.32. The van der Waals surface area contributed by atoms with Crippen LogP contribution in [0.2, 0.25) is 0 Å². The van der Waals surface area contributed by atoms with Gasteiger partial charge in [0.05, 0.1) is 5.41 Å². The molecule has 0 N–H and O–H groups in total. The summed E-state index contributed by atoms with van der Waals surface area (Å²) in [6.07, 6.45) is 20.5. The maximum atomic E-state index is 4.53. The number of hydrogen-bond acceptors (Lipinski definition) is 1. The fourth-order valence-electron chi connectivity index (χ4n) is 6.32. The van der Waals surface area contributed by atoms with Crippen LogP contribution in [0.15, 0.2) is 151 Å². The van der Waals surface area contributed by atoms with Crippen LogP contribution in [0.5, 0.6) is 0 Å². The number of hydrogen-bond donors (Lipinski definition) is 0. The predicted octanol–water partition coefficient (Wildman–Crippen LogP) is 8.44. The highest BCUT2D eigenvalue weighted by atomic mass is 15.1. The first-order valence-corrected chi connectivity index (χ1v) is 12.8. The zero-order chi connectivity index (χ0) is 25.0. The smallest absolute Gasteiger partial charge is 0.0786 e. The molecule has 0 fully saturated rings. The molecule has 0 bridgehead atoms. The predicted molar refractivity (Wildman–Crippen MR) is 155 cm³/mol. The van der Waals surface area contributed by atoms with Gasteiger partial charge >= 0.3 is 0 Å². The van der Waals surface area contributed by atoms with Gasteiger partial charge in [0.15, 0.2) is 0 Å². The van der Waals surface area contributed by atoms with Crippen LogP contribution in [0.25, 0.3) is 16.7 Å². The van der Waals surface area contributed by atoms with Crippen molar-refractivity contribution >= 4 is 11.3 Å². The van der Waals surface area contributed by atoms with Crippen LogP contribution in [-0.2, 0) is 5.41 Å². The maximum Gasteiger partial charge on any atom is 0.0786 e. The third kappa shape index (κ3) is 3.12. The van der Waals surface area contributed by atoms with Gasteiger partial charge in [0.25, 0.3) is 0 Å². The second-order valence-corrected chi connectivity index (χ2v) is 10.0. The molecule has 0 aromatic heterocycles. The quantitative estimate of drug-likeness (QED) is 0.345. The molecule has 3 aromatic rings. The lowest BCUT2D eigenvalue weighted by molar-refractivity contribution is 0.770. The lowest BCUT2D eigenvalue weighted by Gasteiger charge is -2.34. The molecule has 0 spiro atoms. The minimum absolute atomic E-state index is 0.433. The molecule has 0 saturated heterocycles. The molecule has 37 heavy (non-hydrogen) atoms. The van der Waals surface area contributed by atoms with Crippen molar-refractivity contribution in [3.63, 3.8) is 0 Å². The molecule has 1 aliphatic heterocycles. The first-order chi connectivity index (χ1) is 18.2. The zero-order valence-corrected chi connectivity index (χ0v) is 20.9. The Morgan fingerprint density at radius 1 is 0.838 bits per heavy atom. The van der Waals surface area contributed by atoms with Crippen LogP contribution in [0.1, 0.15) is 28.7 Å². The van der Waals surface area contributed by atoms with E-state index in [-0.39, 0.29) is 0 Å². The Kier molecular flexibility index (Phi) is 4.83. The molecule has 7 rings (SSSR count). The third-order valence-electron chi connectivity index (χ3n) is 8.03. The molecule has 1 heteroatoms. The van der Waals surface area contributed by atoms with Crippen LogP contribution < -0.4 is 4.90 Å². The second-order valence-electron chi connectivity index (χ2n) is 10.0. The van der Waals surface area contributed by atoms with Gasteiger partial charge in [-0.05, 0) is 75.2 Å². The summed E-state index contributed by atoms with van der Waals surface area (Å²) in [4.78, 5) is 2.26. The van der Waals surface area contributed by atoms with E-state index in [1.807, 2.05) is 6.08 Å². The van der Waals surface area contributed by atoms with Crippen molar-refractivity contribution in [2.24, 2.45) is 0 Å². The largest absolute Gasteiger partial charge is 0.350 e. The summed E-state index contributed by atoms with van der Waals surface area (Å²) in [6.45, 7) is 4.53. The van der Waals surface area contributed by atoms with Crippen molar-refractivity contribution in [3.05, 3.63) is 173 Å². The number of benzene rings is 3. The molecule has 176 valence electrons. The van der Waals surface area contributed by atoms with E-state index in [0.29, 0.717) is 0 Å². The normalized spacial score (nSPS) is 23.0. The summed E-state index contributed by atoms with van der Waals surface area (Å²) in [5.41, 5.74) is 16.6. The van der Waals surface area contributed by atoms with Gasteiger partial charge in [-0.1, -0.05) is 97.6 Å². The number of rotatable bonds is 3. The molecule has 0 radical (unpaired) electrons. The molecule has 1 atom stereocenters. The van der Waals surface area contributed by atoms with E-state index in [9.17, 15) is 0 Å². The van der Waals surface area contributed by atoms with Gasteiger partial charge in [-0.3, -0.25) is 0 Å². The van der Waals surface area contributed by atoms with Crippen LogP contribution in [0, 0.1) is 0 Å². The Morgan fingerprint density at radius 3 is 2.46 bits per heavy atom. The minimum Gasteiger partial charge on any atom is -0.350 e. The third-order valence-corrected chi connectivity index (χ3v) is 8.03. The van der Waals surface area contributed by atoms with E-state index >= 15 is 0 Å². The SMILES string of the molecule is C=C1/C=C\C(C2=CC=CC2)=C/N(C)c2cc3c(cc21)C(C1=C=CC=C1)(c1ccccc1)c1ccccc1-3. The van der Waals surface area contributed by atoms with Gasteiger partial charge in [0, 0.05) is 30.1 Å². The van der Waals surface area contributed by atoms with Crippen LogP contribution in [0.4, 0.5) is 5.69 Å². The second kappa shape index (κ2) is 8.23. The van der Waals surface area contributed by atoms with E-state index in [1.165, 1.54) is 50.2 Å². The molecule has 0 amide bonds. The monoisotopic (exact) mass is 473 g/mol. The first kappa shape index (κ1) is 21.7. The summed E-state index contributed by atoms with van der Waals surface area (Å²) in [7, 11) is 2.15. The Labute approximate surface area is 218 Å². The number of fused-ring (bicyclic) bond motifs is 4. The van der Waals surface area contributed by atoms with Crippen molar-refractivity contribution in [2.75, 3.05) is 11.9 Å².